The smallest absolute Gasteiger partial charge is 0.310 e. The van der Waals surface area contributed by atoms with Gasteiger partial charge in [-0.1, -0.05) is 19.1 Å². The molecule has 0 saturated heterocycles. The minimum absolute atomic E-state index is 0.164. The van der Waals surface area contributed by atoms with Crippen LogP contribution in [0, 0.1) is 13.8 Å². The van der Waals surface area contributed by atoms with Crippen molar-refractivity contribution in [1.29, 1.82) is 0 Å². The van der Waals surface area contributed by atoms with Crippen molar-refractivity contribution in [2.75, 3.05) is 6.61 Å². The van der Waals surface area contributed by atoms with E-state index in [1.807, 2.05) is 32.9 Å². The van der Waals surface area contributed by atoms with Crippen LogP contribution in [0.1, 0.15) is 43.9 Å². The van der Waals surface area contributed by atoms with Crippen LogP contribution in [0.3, 0.4) is 0 Å². The van der Waals surface area contributed by atoms with E-state index in [0.717, 1.165) is 16.7 Å². The average molecular weight is 397 g/mol. The molecule has 0 atom stereocenters. The van der Waals surface area contributed by atoms with Crippen LogP contribution in [-0.2, 0) is 16.0 Å². The number of benzene rings is 1. The first-order chi connectivity index (χ1) is 11.3. The lowest BCUT2D eigenvalue weighted by molar-refractivity contribution is -0.142. The Kier molecular flexibility index (Phi) is 8.05. The highest BCUT2D eigenvalue weighted by Crippen LogP contribution is 2.30. The minimum Gasteiger partial charge on any atom is -0.511 e. The van der Waals surface area contributed by atoms with E-state index in [2.05, 4.69) is 15.9 Å². The number of hydrogen-bond acceptors (Lipinski definition) is 4. The average Bonchev–Trinajstić information content (AvgIpc) is 2.53. The Labute approximate surface area is 152 Å². The van der Waals surface area contributed by atoms with Gasteiger partial charge in [-0.25, -0.2) is 0 Å². The number of esters is 1. The van der Waals surface area contributed by atoms with Gasteiger partial charge in [-0.2, -0.15) is 0 Å². The van der Waals surface area contributed by atoms with E-state index in [0.29, 0.717) is 29.0 Å². The number of carbonyl (C=O) groups is 1. The summed E-state index contributed by atoms with van der Waals surface area (Å²) in [5, 5.41) is 9.53. The van der Waals surface area contributed by atoms with Gasteiger partial charge in [0.15, 0.2) is 0 Å². The molecule has 0 aliphatic rings. The summed E-state index contributed by atoms with van der Waals surface area (Å²) < 4.78 is 11.7. The third-order valence-electron chi connectivity index (χ3n) is 3.61. The van der Waals surface area contributed by atoms with Crippen molar-refractivity contribution in [2.45, 2.75) is 47.5 Å². The van der Waals surface area contributed by atoms with Crippen molar-refractivity contribution in [1.82, 2.24) is 0 Å². The second-order valence-electron chi connectivity index (χ2n) is 5.48. The molecule has 1 aromatic rings. The molecule has 132 valence electrons. The zero-order valence-electron chi connectivity index (χ0n) is 14.9. The van der Waals surface area contributed by atoms with Crippen LogP contribution in [0.5, 0.6) is 5.75 Å². The standard InChI is InChI=1S/C19H25BrO4/c1-6-16(11-17(20)14(5)21)24-19-13(4)12(3)8-9-15(19)10-18(22)23-7-2/h8-9,11,21H,6-7,10H2,1-5H3/b16-11+,17-14-. The Morgan fingerprint density at radius 3 is 2.50 bits per heavy atom. The summed E-state index contributed by atoms with van der Waals surface area (Å²) in [4.78, 5) is 11.8. The fourth-order valence-corrected chi connectivity index (χ4v) is 2.33. The predicted octanol–water partition coefficient (Wildman–Crippen LogP) is 5.27. The van der Waals surface area contributed by atoms with Crippen LogP contribution in [0.25, 0.3) is 0 Å². The minimum atomic E-state index is -0.278. The molecular weight excluding hydrogens is 372 g/mol. The molecule has 0 unspecified atom stereocenters. The van der Waals surface area contributed by atoms with Crippen molar-refractivity contribution in [3.63, 3.8) is 0 Å². The van der Waals surface area contributed by atoms with Gasteiger partial charge in [0.25, 0.3) is 0 Å². The highest BCUT2D eigenvalue weighted by Gasteiger charge is 2.15. The molecule has 5 heteroatoms. The molecule has 1 rings (SSSR count). The second kappa shape index (κ2) is 9.52. The zero-order chi connectivity index (χ0) is 18.3. The van der Waals surface area contributed by atoms with Gasteiger partial charge in [-0.15, -0.1) is 0 Å². The molecule has 1 N–H and O–H groups in total. The summed E-state index contributed by atoms with van der Waals surface area (Å²) in [7, 11) is 0. The van der Waals surface area contributed by atoms with E-state index in [1.54, 1.807) is 19.9 Å². The first-order valence-corrected chi connectivity index (χ1v) is 8.77. The Hall–Kier alpha value is -1.75. The second-order valence-corrected chi connectivity index (χ2v) is 6.33. The summed E-state index contributed by atoms with van der Waals surface area (Å²) in [5.41, 5.74) is 2.86. The highest BCUT2D eigenvalue weighted by molar-refractivity contribution is 9.11. The van der Waals surface area contributed by atoms with Crippen LogP contribution in [0.2, 0.25) is 0 Å². The largest absolute Gasteiger partial charge is 0.511 e. The van der Waals surface area contributed by atoms with Crippen molar-refractivity contribution in [2.24, 2.45) is 0 Å². The Bertz CT molecular complexity index is 656. The fraction of sp³-hybridized carbons (Fsp3) is 0.421. The molecular formula is C19H25BrO4. The normalized spacial score (nSPS) is 12.7. The monoisotopic (exact) mass is 396 g/mol. The quantitative estimate of drug-likeness (QED) is 0.387. The number of aryl methyl sites for hydroxylation is 1. The number of aliphatic hydroxyl groups is 1. The predicted molar refractivity (Wildman–Crippen MR) is 99.5 cm³/mol. The molecule has 0 heterocycles. The van der Waals surface area contributed by atoms with Gasteiger partial charge in [0.1, 0.15) is 17.3 Å². The molecule has 0 spiro atoms. The summed E-state index contributed by atoms with van der Waals surface area (Å²) >= 11 is 3.31. The molecule has 0 radical (unpaired) electrons. The van der Waals surface area contributed by atoms with E-state index in [1.165, 1.54) is 0 Å². The molecule has 1 aromatic carbocycles. The van der Waals surface area contributed by atoms with Crippen LogP contribution in [0.15, 0.2) is 34.2 Å². The number of allylic oxidation sites excluding steroid dienone is 4. The lowest BCUT2D eigenvalue weighted by atomic mass is 10.0. The molecule has 0 fully saturated rings. The van der Waals surface area contributed by atoms with Crippen LogP contribution in [0.4, 0.5) is 0 Å². The molecule has 4 nitrogen and oxygen atoms in total. The Morgan fingerprint density at radius 2 is 1.96 bits per heavy atom. The van der Waals surface area contributed by atoms with E-state index in [9.17, 15) is 9.90 Å². The number of carbonyl (C=O) groups excluding carboxylic acids is 1. The van der Waals surface area contributed by atoms with Crippen molar-refractivity contribution in [3.05, 3.63) is 50.9 Å². The van der Waals surface area contributed by atoms with Crippen LogP contribution < -0.4 is 4.74 Å². The van der Waals surface area contributed by atoms with Gasteiger partial charge in [-0.05, 0) is 60.8 Å². The molecule has 0 aliphatic heterocycles. The maximum Gasteiger partial charge on any atom is 0.310 e. The van der Waals surface area contributed by atoms with Gasteiger partial charge >= 0.3 is 5.97 Å². The first kappa shape index (κ1) is 20.3. The molecule has 24 heavy (non-hydrogen) atoms. The van der Waals surface area contributed by atoms with Gasteiger partial charge in [-0.3, -0.25) is 4.79 Å². The third kappa shape index (κ3) is 5.71. The molecule has 0 aromatic heterocycles. The number of hydrogen-bond donors (Lipinski definition) is 1. The number of rotatable bonds is 7. The number of aliphatic hydroxyl groups excluding tert-OH is 1. The van der Waals surface area contributed by atoms with Crippen molar-refractivity contribution < 1.29 is 19.4 Å². The van der Waals surface area contributed by atoms with Crippen molar-refractivity contribution >= 4 is 21.9 Å². The van der Waals surface area contributed by atoms with E-state index in [4.69, 9.17) is 9.47 Å². The zero-order valence-corrected chi connectivity index (χ0v) is 16.5. The SMILES string of the molecule is CCOC(=O)Cc1ccc(C)c(C)c1O/C(=C/C(Br)=C(\C)O)CC. The topological polar surface area (TPSA) is 55.8 Å². The van der Waals surface area contributed by atoms with Gasteiger partial charge in [0.05, 0.1) is 17.5 Å². The van der Waals surface area contributed by atoms with E-state index >= 15 is 0 Å². The Morgan fingerprint density at radius 1 is 1.29 bits per heavy atom. The fourth-order valence-electron chi connectivity index (χ4n) is 2.08. The summed E-state index contributed by atoms with van der Waals surface area (Å²) in [6.45, 7) is 9.67. The Balaban J connectivity index is 3.23. The van der Waals surface area contributed by atoms with Gasteiger partial charge in [0, 0.05) is 12.0 Å². The maximum atomic E-state index is 11.8. The summed E-state index contributed by atoms with van der Waals surface area (Å²) in [5.74, 6) is 1.26. The highest BCUT2D eigenvalue weighted by atomic mass is 79.9. The lowest BCUT2D eigenvalue weighted by Crippen LogP contribution is -2.10. The summed E-state index contributed by atoms with van der Waals surface area (Å²) in [6.07, 6.45) is 2.55. The van der Waals surface area contributed by atoms with E-state index < -0.39 is 0 Å². The number of ether oxygens (including phenoxy) is 2. The van der Waals surface area contributed by atoms with Crippen LogP contribution in [-0.4, -0.2) is 17.7 Å². The molecule has 0 saturated carbocycles. The summed E-state index contributed by atoms with van der Waals surface area (Å²) in [6, 6.07) is 3.86. The van der Waals surface area contributed by atoms with Crippen molar-refractivity contribution in [3.8, 4) is 5.75 Å². The third-order valence-corrected chi connectivity index (χ3v) is 4.42. The molecule has 0 amide bonds. The lowest BCUT2D eigenvalue weighted by Gasteiger charge is -2.17. The first-order valence-electron chi connectivity index (χ1n) is 7.98. The van der Waals surface area contributed by atoms with E-state index in [-0.39, 0.29) is 18.1 Å². The molecule has 0 aliphatic carbocycles. The van der Waals surface area contributed by atoms with Gasteiger partial charge in [0.2, 0.25) is 0 Å². The maximum absolute atomic E-state index is 11.8. The molecule has 0 bridgehead atoms. The van der Waals surface area contributed by atoms with Gasteiger partial charge < -0.3 is 14.6 Å². The van der Waals surface area contributed by atoms with Crippen LogP contribution >= 0.6 is 15.9 Å². The number of halogens is 1.